The summed E-state index contributed by atoms with van der Waals surface area (Å²) in [6.07, 6.45) is 2.04. The highest BCUT2D eigenvalue weighted by atomic mass is 16.5. The Morgan fingerprint density at radius 3 is 2.68 bits per heavy atom. The Morgan fingerprint density at radius 1 is 1.24 bits per heavy atom. The molecule has 2 amide bonds. The summed E-state index contributed by atoms with van der Waals surface area (Å²) in [5.74, 6) is 0.779. The van der Waals surface area contributed by atoms with Crippen LogP contribution in [0.4, 0.5) is 5.82 Å². The van der Waals surface area contributed by atoms with Crippen LogP contribution in [0, 0.1) is 6.92 Å². The third-order valence-corrected chi connectivity index (χ3v) is 4.08. The van der Waals surface area contributed by atoms with Crippen molar-refractivity contribution in [3.8, 4) is 0 Å². The Hall–Kier alpha value is -2.90. The number of carbonyl (C=O) groups excluding carboxylic acids is 2. The average Bonchev–Trinajstić information content (AvgIpc) is 3.09. The number of hydrogen-bond donors (Lipinski definition) is 1. The van der Waals surface area contributed by atoms with Crippen LogP contribution in [0.25, 0.3) is 0 Å². The standard InChI is InChI=1S/C17H21N5O3/c1-13-12-14(25-20-13)17(24)19-7-5-16(23)22-10-8-21(9-11-22)15-4-2-3-6-18-15/h2-4,6,12H,5,7-11H2,1H3,(H,19,24). The summed E-state index contributed by atoms with van der Waals surface area (Å²) in [7, 11) is 0. The van der Waals surface area contributed by atoms with Crippen molar-refractivity contribution in [3.05, 3.63) is 41.9 Å². The Morgan fingerprint density at radius 2 is 2.04 bits per heavy atom. The van der Waals surface area contributed by atoms with Crippen LogP contribution in [-0.4, -0.2) is 59.6 Å². The minimum atomic E-state index is -0.353. The van der Waals surface area contributed by atoms with Crippen molar-refractivity contribution >= 4 is 17.6 Å². The fourth-order valence-corrected chi connectivity index (χ4v) is 2.72. The first-order chi connectivity index (χ1) is 12.1. The highest BCUT2D eigenvalue weighted by Gasteiger charge is 2.21. The van der Waals surface area contributed by atoms with Crippen LogP contribution in [0.15, 0.2) is 35.0 Å². The molecule has 132 valence electrons. The molecule has 0 bridgehead atoms. The van der Waals surface area contributed by atoms with Crippen molar-refractivity contribution in [2.75, 3.05) is 37.6 Å². The zero-order valence-electron chi connectivity index (χ0n) is 14.1. The molecule has 0 saturated carbocycles. The second-order valence-electron chi connectivity index (χ2n) is 5.89. The molecule has 2 aromatic rings. The fraction of sp³-hybridized carbons (Fsp3) is 0.412. The van der Waals surface area contributed by atoms with Gasteiger partial charge in [0.2, 0.25) is 11.7 Å². The first-order valence-electron chi connectivity index (χ1n) is 8.29. The van der Waals surface area contributed by atoms with E-state index in [4.69, 9.17) is 4.52 Å². The second-order valence-corrected chi connectivity index (χ2v) is 5.89. The third-order valence-electron chi connectivity index (χ3n) is 4.08. The number of anilines is 1. The van der Waals surface area contributed by atoms with E-state index in [-0.39, 0.29) is 30.5 Å². The normalized spacial score (nSPS) is 14.4. The summed E-state index contributed by atoms with van der Waals surface area (Å²) in [4.78, 5) is 32.4. The Balaban J connectivity index is 1.40. The molecular formula is C17H21N5O3. The van der Waals surface area contributed by atoms with Gasteiger partial charge >= 0.3 is 0 Å². The van der Waals surface area contributed by atoms with Gasteiger partial charge in [-0.05, 0) is 19.1 Å². The highest BCUT2D eigenvalue weighted by Crippen LogP contribution is 2.13. The van der Waals surface area contributed by atoms with Crippen molar-refractivity contribution in [1.29, 1.82) is 0 Å². The lowest BCUT2D eigenvalue weighted by Crippen LogP contribution is -2.49. The van der Waals surface area contributed by atoms with Gasteiger partial charge in [0, 0.05) is 51.4 Å². The van der Waals surface area contributed by atoms with E-state index in [2.05, 4.69) is 20.4 Å². The molecule has 3 rings (SSSR count). The van der Waals surface area contributed by atoms with Crippen LogP contribution < -0.4 is 10.2 Å². The third kappa shape index (κ3) is 4.34. The molecule has 0 aliphatic carbocycles. The topological polar surface area (TPSA) is 91.6 Å². The molecule has 0 unspecified atom stereocenters. The lowest BCUT2D eigenvalue weighted by atomic mass is 10.2. The molecular weight excluding hydrogens is 322 g/mol. The van der Waals surface area contributed by atoms with Crippen LogP contribution in [0.2, 0.25) is 0 Å². The van der Waals surface area contributed by atoms with E-state index >= 15 is 0 Å². The van der Waals surface area contributed by atoms with E-state index < -0.39 is 0 Å². The van der Waals surface area contributed by atoms with Gasteiger partial charge in [0.1, 0.15) is 5.82 Å². The van der Waals surface area contributed by atoms with Gasteiger partial charge in [0.25, 0.3) is 5.91 Å². The van der Waals surface area contributed by atoms with E-state index in [1.165, 1.54) is 0 Å². The molecule has 0 atom stereocenters. The smallest absolute Gasteiger partial charge is 0.289 e. The average molecular weight is 343 g/mol. The lowest BCUT2D eigenvalue weighted by molar-refractivity contribution is -0.131. The van der Waals surface area contributed by atoms with E-state index in [1.54, 1.807) is 19.2 Å². The molecule has 1 saturated heterocycles. The number of nitrogens with zero attached hydrogens (tertiary/aromatic N) is 4. The largest absolute Gasteiger partial charge is 0.353 e. The minimum Gasteiger partial charge on any atom is -0.353 e. The molecule has 0 aromatic carbocycles. The number of piperazine rings is 1. The van der Waals surface area contributed by atoms with Gasteiger partial charge < -0.3 is 19.6 Å². The molecule has 0 radical (unpaired) electrons. The monoisotopic (exact) mass is 343 g/mol. The Bertz CT molecular complexity index is 723. The maximum absolute atomic E-state index is 12.3. The van der Waals surface area contributed by atoms with Gasteiger partial charge in [0.05, 0.1) is 5.69 Å². The fourth-order valence-electron chi connectivity index (χ4n) is 2.72. The van der Waals surface area contributed by atoms with Gasteiger partial charge in [-0.15, -0.1) is 0 Å². The first-order valence-corrected chi connectivity index (χ1v) is 8.29. The second kappa shape index (κ2) is 7.78. The van der Waals surface area contributed by atoms with Gasteiger partial charge in [0.15, 0.2) is 0 Å². The van der Waals surface area contributed by atoms with Crippen molar-refractivity contribution in [2.24, 2.45) is 0 Å². The van der Waals surface area contributed by atoms with Crippen molar-refractivity contribution < 1.29 is 14.1 Å². The molecule has 1 N–H and O–H groups in total. The number of aryl methyl sites for hydroxylation is 1. The van der Waals surface area contributed by atoms with Crippen molar-refractivity contribution in [3.63, 3.8) is 0 Å². The molecule has 1 aliphatic heterocycles. The molecule has 1 aliphatic rings. The quantitative estimate of drug-likeness (QED) is 0.865. The van der Waals surface area contributed by atoms with E-state index in [1.807, 2.05) is 23.1 Å². The number of amides is 2. The zero-order chi connectivity index (χ0) is 17.6. The van der Waals surface area contributed by atoms with E-state index in [0.29, 0.717) is 18.8 Å². The number of nitrogens with one attached hydrogen (secondary N) is 1. The maximum atomic E-state index is 12.3. The van der Waals surface area contributed by atoms with Gasteiger partial charge in [-0.1, -0.05) is 11.2 Å². The Labute approximate surface area is 145 Å². The molecule has 0 spiro atoms. The van der Waals surface area contributed by atoms with Gasteiger partial charge in [-0.25, -0.2) is 4.98 Å². The predicted molar refractivity (Wildman–Crippen MR) is 91.2 cm³/mol. The van der Waals surface area contributed by atoms with Crippen LogP contribution in [0.3, 0.4) is 0 Å². The number of aromatic nitrogens is 2. The van der Waals surface area contributed by atoms with Crippen molar-refractivity contribution in [2.45, 2.75) is 13.3 Å². The maximum Gasteiger partial charge on any atom is 0.289 e. The number of pyridine rings is 1. The van der Waals surface area contributed by atoms with E-state index in [0.717, 1.165) is 18.9 Å². The summed E-state index contributed by atoms with van der Waals surface area (Å²) in [5, 5.41) is 6.34. The summed E-state index contributed by atoms with van der Waals surface area (Å²) in [5.41, 5.74) is 0.645. The summed E-state index contributed by atoms with van der Waals surface area (Å²) < 4.78 is 4.88. The summed E-state index contributed by atoms with van der Waals surface area (Å²) >= 11 is 0. The number of carbonyl (C=O) groups is 2. The van der Waals surface area contributed by atoms with Crippen LogP contribution in [0.5, 0.6) is 0 Å². The van der Waals surface area contributed by atoms with Crippen LogP contribution >= 0.6 is 0 Å². The zero-order valence-corrected chi connectivity index (χ0v) is 14.1. The molecule has 1 fully saturated rings. The lowest BCUT2D eigenvalue weighted by Gasteiger charge is -2.35. The van der Waals surface area contributed by atoms with Gasteiger partial charge in [-0.3, -0.25) is 9.59 Å². The molecule has 3 heterocycles. The first kappa shape index (κ1) is 16.9. The SMILES string of the molecule is Cc1cc(C(=O)NCCC(=O)N2CCN(c3ccccn3)CC2)on1. The van der Waals surface area contributed by atoms with Gasteiger partial charge in [-0.2, -0.15) is 0 Å². The minimum absolute atomic E-state index is 0.0368. The molecule has 8 heteroatoms. The predicted octanol–water partition coefficient (Wildman–Crippen LogP) is 0.847. The Kier molecular flexibility index (Phi) is 5.27. The van der Waals surface area contributed by atoms with Crippen LogP contribution in [-0.2, 0) is 4.79 Å². The summed E-state index contributed by atoms with van der Waals surface area (Å²) in [6, 6.07) is 7.38. The molecule has 2 aromatic heterocycles. The number of hydrogen-bond acceptors (Lipinski definition) is 6. The van der Waals surface area contributed by atoms with Crippen molar-refractivity contribution in [1.82, 2.24) is 20.4 Å². The number of rotatable bonds is 5. The molecule has 25 heavy (non-hydrogen) atoms. The molecule has 8 nitrogen and oxygen atoms in total. The highest BCUT2D eigenvalue weighted by molar-refractivity contribution is 5.91. The summed E-state index contributed by atoms with van der Waals surface area (Å²) in [6.45, 7) is 4.85. The van der Waals surface area contributed by atoms with Crippen LogP contribution in [0.1, 0.15) is 22.7 Å². The van der Waals surface area contributed by atoms with E-state index in [9.17, 15) is 9.59 Å².